The van der Waals surface area contributed by atoms with E-state index in [4.69, 9.17) is 14.5 Å². The Morgan fingerprint density at radius 1 is 1.08 bits per heavy atom. The number of Topliss-reactive ketones (excluding diaryl/α,β-unsaturated/α-hetero) is 1. The average molecular weight is 411 g/mol. The summed E-state index contributed by atoms with van der Waals surface area (Å²) in [6, 6.07) is 14.2. The average Bonchev–Trinajstić information content (AvgIpc) is 2.62. The zero-order valence-corrected chi connectivity index (χ0v) is 15.2. The number of carbonyl (C=O) groups excluding carboxylic acids is 2. The maximum atomic E-state index is 11.2. The Labute approximate surface area is 147 Å². The maximum Gasteiger partial charge on any atom is 0.188 e. The van der Waals surface area contributed by atoms with Gasteiger partial charge < -0.3 is 5.11 Å². The molecule has 0 bridgehead atoms. The summed E-state index contributed by atoms with van der Waals surface area (Å²) in [5.41, 5.74) is 1.06. The van der Waals surface area contributed by atoms with Gasteiger partial charge in [-0.15, -0.1) is 0 Å². The molecule has 4 N–H and O–H groups in total. The van der Waals surface area contributed by atoms with Crippen molar-refractivity contribution in [1.29, 1.82) is 0 Å². The Balaban J connectivity index is 0.000000271. The molecule has 2 aromatic rings. The van der Waals surface area contributed by atoms with Gasteiger partial charge in [-0.05, 0) is 0 Å². The monoisotopic (exact) mass is 411 g/mol. The van der Waals surface area contributed by atoms with Crippen LogP contribution in [0.2, 0.25) is 0 Å². The number of anilines is 1. The number of hydrogen-bond acceptors (Lipinski definition) is 6. The van der Waals surface area contributed by atoms with E-state index in [2.05, 4.69) is 9.19 Å². The van der Waals surface area contributed by atoms with Crippen LogP contribution in [-0.2, 0) is 12.4 Å². The minimum atomic E-state index is -4.76. The van der Waals surface area contributed by atoms with Crippen molar-refractivity contribution in [2.24, 2.45) is 0 Å². The number of aliphatic hydroxyl groups is 1. The second kappa shape index (κ2) is 9.93. The summed E-state index contributed by atoms with van der Waals surface area (Å²) in [4.78, 5) is 21.4. The molecule has 1 unspecified atom stereocenters. The number of aliphatic hydroxyl groups excluding tert-OH is 1. The summed E-state index contributed by atoms with van der Waals surface area (Å²) in [7, 11) is 0. The molecule has 0 aliphatic heterocycles. The van der Waals surface area contributed by atoms with Crippen LogP contribution in [0.5, 0.6) is 0 Å². The molecule has 0 spiro atoms. The number of hydrogen-bond donors (Lipinski definition) is 4. The van der Waals surface area contributed by atoms with Crippen LogP contribution in [0, 0.1) is 0 Å². The molecule has 9 heteroatoms. The maximum absolute atomic E-state index is 11.2. The Hall–Kier alpha value is -2.22. The van der Waals surface area contributed by atoms with Crippen LogP contribution in [0.3, 0.4) is 0 Å². The third-order valence-corrected chi connectivity index (χ3v) is 5.32. The van der Waals surface area contributed by atoms with Crippen LogP contribution in [0.1, 0.15) is 17.3 Å². The molecule has 8 nitrogen and oxygen atoms in total. The van der Waals surface area contributed by atoms with E-state index in [-0.39, 0.29) is 16.0 Å². The van der Waals surface area contributed by atoms with Gasteiger partial charge in [0.25, 0.3) is 0 Å². The number of carbonyl (C=O) groups is 2. The molecular formula is C16H18AsNO7. The summed E-state index contributed by atoms with van der Waals surface area (Å²) in [6.45, 7) is 0.940. The standard InChI is InChI=1S/C8H10AsNO5.C8H8O2/c1-6(11)10-8-4-2-7(3-5-8)9(12,13)15-14;9-6-8(10)7-4-2-1-3-5-7/h2-5,14H,1H3,(H,10,11)(H,12,13);1-5,9H,6H2. The summed E-state index contributed by atoms with van der Waals surface area (Å²) < 4.78 is 23.8. The molecule has 0 aliphatic rings. The Kier molecular flexibility index (Phi) is 8.27. The number of ketones is 1. The van der Waals surface area contributed by atoms with Gasteiger partial charge in [-0.25, -0.2) is 0 Å². The van der Waals surface area contributed by atoms with Crippen molar-refractivity contribution < 1.29 is 31.7 Å². The van der Waals surface area contributed by atoms with Gasteiger partial charge >= 0.3 is 88.4 Å². The molecule has 25 heavy (non-hydrogen) atoms. The fourth-order valence-corrected chi connectivity index (χ4v) is 3.00. The van der Waals surface area contributed by atoms with Gasteiger partial charge in [-0.1, -0.05) is 30.3 Å². The van der Waals surface area contributed by atoms with Gasteiger partial charge in [-0.3, -0.25) is 4.79 Å². The molecule has 2 rings (SSSR count). The molecule has 1 atom stereocenters. The van der Waals surface area contributed by atoms with Crippen LogP contribution < -0.4 is 9.67 Å². The fraction of sp³-hybridized carbons (Fsp3) is 0.125. The van der Waals surface area contributed by atoms with Crippen molar-refractivity contribution in [2.75, 3.05) is 11.9 Å². The van der Waals surface area contributed by atoms with Crippen molar-refractivity contribution in [2.45, 2.75) is 6.92 Å². The fourth-order valence-electron chi connectivity index (χ4n) is 1.70. The molecule has 0 heterocycles. The van der Waals surface area contributed by atoms with E-state index in [0.717, 1.165) is 0 Å². The Bertz CT molecular complexity index is 747. The summed E-state index contributed by atoms with van der Waals surface area (Å²) >= 11 is -4.76. The molecule has 0 aromatic heterocycles. The van der Waals surface area contributed by atoms with E-state index >= 15 is 0 Å². The van der Waals surface area contributed by atoms with Crippen LogP contribution in [0.25, 0.3) is 0 Å². The number of amides is 1. The van der Waals surface area contributed by atoms with Gasteiger partial charge in [0.2, 0.25) is 0 Å². The first-order chi connectivity index (χ1) is 11.8. The smallest absolute Gasteiger partial charge is 0.188 e. The minimum Gasteiger partial charge on any atom is -0.388 e. The first-order valence-electron chi connectivity index (χ1n) is 7.03. The molecule has 134 valence electrons. The van der Waals surface area contributed by atoms with E-state index in [1.165, 1.54) is 31.2 Å². The minimum absolute atomic E-state index is 0.00438. The van der Waals surface area contributed by atoms with Crippen LogP contribution in [-0.4, -0.2) is 46.9 Å². The van der Waals surface area contributed by atoms with Gasteiger partial charge in [0.1, 0.15) is 6.61 Å². The predicted molar refractivity (Wildman–Crippen MR) is 90.6 cm³/mol. The third-order valence-electron chi connectivity index (χ3n) is 2.86. The Morgan fingerprint density at radius 3 is 2.08 bits per heavy atom. The van der Waals surface area contributed by atoms with Gasteiger partial charge in [-0.2, -0.15) is 0 Å². The molecule has 0 saturated heterocycles. The molecule has 0 saturated carbocycles. The van der Waals surface area contributed by atoms with E-state index < -0.39 is 20.8 Å². The second-order valence-corrected chi connectivity index (χ2v) is 8.39. The largest absolute Gasteiger partial charge is 0.388 e. The zero-order chi connectivity index (χ0) is 18.9. The van der Waals surface area contributed by atoms with Crippen molar-refractivity contribution in [1.82, 2.24) is 0 Å². The van der Waals surface area contributed by atoms with Gasteiger partial charge in [0, 0.05) is 5.56 Å². The van der Waals surface area contributed by atoms with E-state index in [1.54, 1.807) is 24.3 Å². The molecule has 0 radical (unpaired) electrons. The first-order valence-corrected chi connectivity index (χ1v) is 10.3. The third kappa shape index (κ3) is 7.04. The van der Waals surface area contributed by atoms with E-state index in [1.807, 2.05) is 6.07 Å². The number of rotatable bonds is 5. The number of benzene rings is 2. The SMILES string of the molecule is CC(=O)Nc1ccc([As](=O)(O)OO)cc1.O=C(CO)c1ccccc1. The molecule has 0 aliphatic carbocycles. The topological polar surface area (TPSA) is 133 Å². The van der Waals surface area contributed by atoms with Crippen molar-refractivity contribution in [3.63, 3.8) is 0 Å². The van der Waals surface area contributed by atoms with E-state index in [9.17, 15) is 13.3 Å². The second-order valence-electron chi connectivity index (χ2n) is 4.78. The van der Waals surface area contributed by atoms with Crippen molar-refractivity contribution in [3.8, 4) is 0 Å². The quantitative estimate of drug-likeness (QED) is 0.245. The van der Waals surface area contributed by atoms with Crippen LogP contribution in [0.4, 0.5) is 5.69 Å². The molecule has 0 fully saturated rings. The zero-order valence-electron chi connectivity index (χ0n) is 13.3. The van der Waals surface area contributed by atoms with Crippen LogP contribution in [0.15, 0.2) is 54.6 Å². The first kappa shape index (κ1) is 20.8. The molecule has 1 amide bonds. The molecule has 2 aromatic carbocycles. The summed E-state index contributed by atoms with van der Waals surface area (Å²) in [6.07, 6.45) is 0. The normalized spacial score (nSPS) is 12.3. The Morgan fingerprint density at radius 2 is 1.64 bits per heavy atom. The van der Waals surface area contributed by atoms with Gasteiger partial charge in [0.05, 0.1) is 0 Å². The van der Waals surface area contributed by atoms with Crippen LogP contribution >= 0.6 is 0 Å². The van der Waals surface area contributed by atoms with Crippen molar-refractivity contribution in [3.05, 3.63) is 60.2 Å². The van der Waals surface area contributed by atoms with Gasteiger partial charge in [0.15, 0.2) is 5.78 Å². The van der Waals surface area contributed by atoms with E-state index in [0.29, 0.717) is 11.3 Å². The molecular weight excluding hydrogens is 393 g/mol. The summed E-state index contributed by atoms with van der Waals surface area (Å²) in [5, 5.41) is 19.1. The number of nitrogens with one attached hydrogen (secondary N) is 1. The summed E-state index contributed by atoms with van der Waals surface area (Å²) in [5.74, 6) is -0.473. The van der Waals surface area contributed by atoms with Crippen molar-refractivity contribution >= 4 is 35.9 Å². The predicted octanol–water partition coefficient (Wildman–Crippen LogP) is 0.565.